The molecule has 1 saturated heterocycles. The van der Waals surface area contributed by atoms with E-state index in [2.05, 4.69) is 0 Å². The van der Waals surface area contributed by atoms with Gasteiger partial charge in [-0.3, -0.25) is 4.79 Å². The lowest BCUT2D eigenvalue weighted by Crippen LogP contribution is -2.44. The van der Waals surface area contributed by atoms with E-state index in [4.69, 9.17) is 14.2 Å². The van der Waals surface area contributed by atoms with Crippen LogP contribution in [-0.2, 0) is 6.42 Å². The van der Waals surface area contributed by atoms with Gasteiger partial charge in [-0.2, -0.15) is 0 Å². The van der Waals surface area contributed by atoms with E-state index in [1.807, 2.05) is 23.1 Å². The second-order valence-electron chi connectivity index (χ2n) is 7.22. The van der Waals surface area contributed by atoms with Gasteiger partial charge >= 0.3 is 0 Å². The number of ether oxygens (including phenoxy) is 3. The SMILES string of the molecule is COc1ccc(CCC2CCCCN2C(=O)c2cc(F)ccc2OC)cc1OC. The molecule has 2 aromatic rings. The predicted molar refractivity (Wildman–Crippen MR) is 109 cm³/mol. The van der Waals surface area contributed by atoms with Crippen LogP contribution in [0.5, 0.6) is 17.2 Å². The fourth-order valence-electron chi connectivity index (χ4n) is 3.94. The van der Waals surface area contributed by atoms with Gasteiger partial charge in [0.05, 0.1) is 26.9 Å². The van der Waals surface area contributed by atoms with Gasteiger partial charge in [0.1, 0.15) is 11.6 Å². The van der Waals surface area contributed by atoms with Crippen molar-refractivity contribution < 1.29 is 23.4 Å². The molecule has 3 rings (SSSR count). The first-order valence-electron chi connectivity index (χ1n) is 9.92. The number of halogens is 1. The number of likely N-dealkylation sites (tertiary alicyclic amines) is 1. The number of nitrogens with zero attached hydrogens (tertiary/aromatic N) is 1. The van der Waals surface area contributed by atoms with Crippen LogP contribution in [0.1, 0.15) is 41.6 Å². The van der Waals surface area contributed by atoms with Crippen molar-refractivity contribution in [2.24, 2.45) is 0 Å². The number of hydrogen-bond donors (Lipinski definition) is 0. The zero-order valence-corrected chi connectivity index (χ0v) is 17.2. The van der Waals surface area contributed by atoms with Gasteiger partial charge in [0, 0.05) is 12.6 Å². The summed E-state index contributed by atoms with van der Waals surface area (Å²) in [5.74, 6) is 1.20. The Bertz CT molecular complexity index is 855. The van der Waals surface area contributed by atoms with Gasteiger partial charge in [0.25, 0.3) is 5.91 Å². The molecule has 0 aliphatic carbocycles. The van der Waals surface area contributed by atoms with Crippen LogP contribution in [0, 0.1) is 5.82 Å². The minimum Gasteiger partial charge on any atom is -0.496 e. The highest BCUT2D eigenvalue weighted by Crippen LogP contribution is 2.30. The third kappa shape index (κ3) is 4.81. The summed E-state index contributed by atoms with van der Waals surface area (Å²) >= 11 is 0. The summed E-state index contributed by atoms with van der Waals surface area (Å²) in [6, 6.07) is 10.1. The maximum Gasteiger partial charge on any atom is 0.257 e. The molecule has 156 valence electrons. The van der Waals surface area contributed by atoms with Crippen molar-refractivity contribution >= 4 is 5.91 Å². The summed E-state index contributed by atoms with van der Waals surface area (Å²) in [5, 5.41) is 0. The van der Waals surface area contributed by atoms with Gasteiger partial charge in [0.15, 0.2) is 11.5 Å². The fourth-order valence-corrected chi connectivity index (χ4v) is 3.94. The number of methoxy groups -OCH3 is 3. The summed E-state index contributed by atoms with van der Waals surface area (Å²) in [6.45, 7) is 0.676. The summed E-state index contributed by atoms with van der Waals surface area (Å²) in [6.07, 6.45) is 4.63. The van der Waals surface area contributed by atoms with Crippen LogP contribution in [0.4, 0.5) is 4.39 Å². The molecule has 1 aliphatic heterocycles. The third-order valence-electron chi connectivity index (χ3n) is 5.49. The van der Waals surface area contributed by atoms with E-state index in [9.17, 15) is 9.18 Å². The van der Waals surface area contributed by atoms with Crippen LogP contribution < -0.4 is 14.2 Å². The minimum absolute atomic E-state index is 0.109. The third-order valence-corrected chi connectivity index (χ3v) is 5.49. The number of hydrogen-bond acceptors (Lipinski definition) is 4. The number of rotatable bonds is 7. The average molecular weight is 401 g/mol. The van der Waals surface area contributed by atoms with Crippen LogP contribution in [0.3, 0.4) is 0 Å². The first-order valence-corrected chi connectivity index (χ1v) is 9.92. The van der Waals surface area contributed by atoms with Crippen molar-refractivity contribution in [2.75, 3.05) is 27.9 Å². The van der Waals surface area contributed by atoms with Crippen molar-refractivity contribution in [1.82, 2.24) is 4.90 Å². The van der Waals surface area contributed by atoms with Crippen LogP contribution in [0.15, 0.2) is 36.4 Å². The Morgan fingerprint density at radius 3 is 2.45 bits per heavy atom. The molecule has 0 bridgehead atoms. The highest BCUT2D eigenvalue weighted by Gasteiger charge is 2.29. The lowest BCUT2D eigenvalue weighted by molar-refractivity contribution is 0.0598. The molecule has 5 nitrogen and oxygen atoms in total. The Kier molecular flexibility index (Phi) is 6.96. The number of carbonyl (C=O) groups excluding carboxylic acids is 1. The zero-order chi connectivity index (χ0) is 20.8. The minimum atomic E-state index is -0.437. The summed E-state index contributed by atoms with van der Waals surface area (Å²) < 4.78 is 29.7. The first-order chi connectivity index (χ1) is 14.1. The van der Waals surface area contributed by atoms with Gasteiger partial charge in [-0.1, -0.05) is 6.07 Å². The van der Waals surface area contributed by atoms with E-state index in [1.54, 1.807) is 14.2 Å². The van der Waals surface area contributed by atoms with Gasteiger partial charge < -0.3 is 19.1 Å². The number of piperidine rings is 1. The molecule has 29 heavy (non-hydrogen) atoms. The lowest BCUT2D eigenvalue weighted by Gasteiger charge is -2.36. The molecule has 0 aromatic heterocycles. The zero-order valence-electron chi connectivity index (χ0n) is 17.2. The number of benzene rings is 2. The molecule has 1 aliphatic rings. The van der Waals surface area contributed by atoms with Crippen molar-refractivity contribution in [1.29, 1.82) is 0 Å². The van der Waals surface area contributed by atoms with Crippen LogP contribution in [-0.4, -0.2) is 44.7 Å². The summed E-state index contributed by atoms with van der Waals surface area (Å²) in [5.41, 5.74) is 1.41. The quantitative estimate of drug-likeness (QED) is 0.686. The predicted octanol–water partition coefficient (Wildman–Crippen LogP) is 4.48. The summed E-state index contributed by atoms with van der Waals surface area (Å²) in [4.78, 5) is 15.1. The van der Waals surface area contributed by atoms with Crippen molar-refractivity contribution in [3.8, 4) is 17.2 Å². The maximum absolute atomic E-state index is 13.8. The highest BCUT2D eigenvalue weighted by atomic mass is 19.1. The summed E-state index contributed by atoms with van der Waals surface area (Å²) in [7, 11) is 4.73. The first kappa shape index (κ1) is 21.0. The molecule has 0 saturated carbocycles. The number of amides is 1. The highest BCUT2D eigenvalue weighted by molar-refractivity contribution is 5.97. The molecule has 1 fully saturated rings. The largest absolute Gasteiger partial charge is 0.496 e. The van der Waals surface area contributed by atoms with Crippen LogP contribution in [0.2, 0.25) is 0 Å². The Balaban J connectivity index is 1.75. The Morgan fingerprint density at radius 2 is 1.72 bits per heavy atom. The maximum atomic E-state index is 13.8. The molecular formula is C23H28FNO4. The van der Waals surface area contributed by atoms with Gasteiger partial charge in [-0.05, 0) is 68.0 Å². The standard InChI is InChI=1S/C23H28FNO4/c1-27-20-12-9-17(24)15-19(20)23(26)25-13-5-4-6-18(25)10-7-16-8-11-21(28-2)22(14-16)29-3/h8-9,11-12,14-15,18H,4-7,10,13H2,1-3H3. The van der Waals surface area contributed by atoms with E-state index in [0.29, 0.717) is 23.8 Å². The van der Waals surface area contributed by atoms with Gasteiger partial charge in [-0.15, -0.1) is 0 Å². The van der Waals surface area contributed by atoms with E-state index in [-0.39, 0.29) is 17.5 Å². The molecule has 1 atom stereocenters. The number of aryl methyl sites for hydroxylation is 1. The molecule has 1 heterocycles. The lowest BCUT2D eigenvalue weighted by atomic mass is 9.94. The molecule has 1 unspecified atom stereocenters. The van der Waals surface area contributed by atoms with E-state index in [0.717, 1.165) is 37.7 Å². The normalized spacial score (nSPS) is 16.4. The Hall–Kier alpha value is -2.76. The van der Waals surface area contributed by atoms with Gasteiger partial charge in [-0.25, -0.2) is 4.39 Å². The number of carbonyl (C=O) groups is 1. The second kappa shape index (κ2) is 9.63. The van der Waals surface area contributed by atoms with E-state index >= 15 is 0 Å². The van der Waals surface area contributed by atoms with E-state index in [1.165, 1.54) is 25.3 Å². The van der Waals surface area contributed by atoms with Crippen molar-refractivity contribution in [2.45, 2.75) is 38.1 Å². The molecule has 0 N–H and O–H groups in total. The van der Waals surface area contributed by atoms with Crippen molar-refractivity contribution in [3.05, 3.63) is 53.3 Å². The molecule has 2 aromatic carbocycles. The van der Waals surface area contributed by atoms with Gasteiger partial charge in [0.2, 0.25) is 0 Å². The molecular weight excluding hydrogens is 373 g/mol. The van der Waals surface area contributed by atoms with E-state index < -0.39 is 5.82 Å². The Morgan fingerprint density at radius 1 is 1.00 bits per heavy atom. The van der Waals surface area contributed by atoms with Crippen molar-refractivity contribution in [3.63, 3.8) is 0 Å². The molecule has 6 heteroatoms. The second-order valence-corrected chi connectivity index (χ2v) is 7.22. The molecule has 1 amide bonds. The van der Waals surface area contributed by atoms with Crippen LogP contribution >= 0.6 is 0 Å². The fraction of sp³-hybridized carbons (Fsp3) is 0.435. The monoisotopic (exact) mass is 401 g/mol. The molecule has 0 radical (unpaired) electrons. The molecule has 0 spiro atoms. The smallest absolute Gasteiger partial charge is 0.257 e. The van der Waals surface area contributed by atoms with Crippen LogP contribution in [0.25, 0.3) is 0 Å². The Labute approximate surface area is 171 Å². The average Bonchev–Trinajstić information content (AvgIpc) is 2.77. The topological polar surface area (TPSA) is 48.0 Å².